The van der Waals surface area contributed by atoms with Gasteiger partial charge in [-0.15, -0.1) is 0 Å². The van der Waals surface area contributed by atoms with Gasteiger partial charge in [0.1, 0.15) is 5.82 Å². The summed E-state index contributed by atoms with van der Waals surface area (Å²) in [5, 5.41) is 3.54. The van der Waals surface area contributed by atoms with E-state index in [4.69, 9.17) is 0 Å². The molecule has 0 saturated carbocycles. The molecule has 3 nitrogen and oxygen atoms in total. The lowest BCUT2D eigenvalue weighted by Crippen LogP contribution is -1.86. The van der Waals surface area contributed by atoms with E-state index in [-0.39, 0.29) is 11.6 Å². The van der Waals surface area contributed by atoms with Crippen molar-refractivity contribution in [1.82, 2.24) is 10.1 Å². The fraction of sp³-hybridized carbons (Fsp3) is 0. The maximum Gasteiger partial charge on any atom is 0.214 e. The SMILES string of the molecule is Fc1c(Br)cccc1-c1ncon1. The molecule has 0 spiro atoms. The first-order valence-corrected chi connectivity index (χ1v) is 4.29. The molecular formula is C8H4BrFN2O. The van der Waals surface area contributed by atoms with Crippen LogP contribution in [0, 0.1) is 5.82 Å². The van der Waals surface area contributed by atoms with Crippen LogP contribution in [0.25, 0.3) is 11.4 Å². The number of hydrogen-bond donors (Lipinski definition) is 0. The van der Waals surface area contributed by atoms with E-state index in [0.717, 1.165) is 6.39 Å². The van der Waals surface area contributed by atoms with Gasteiger partial charge in [0.05, 0.1) is 10.0 Å². The minimum absolute atomic E-state index is 0.249. The quantitative estimate of drug-likeness (QED) is 0.772. The van der Waals surface area contributed by atoms with Gasteiger partial charge in [-0.2, -0.15) is 4.98 Å². The van der Waals surface area contributed by atoms with E-state index in [1.165, 1.54) is 0 Å². The molecule has 0 aliphatic rings. The summed E-state index contributed by atoms with van der Waals surface area (Å²) < 4.78 is 18.3. The lowest BCUT2D eigenvalue weighted by atomic mass is 10.2. The highest BCUT2D eigenvalue weighted by molar-refractivity contribution is 9.10. The summed E-state index contributed by atoms with van der Waals surface area (Å²) in [5.74, 6) is -0.136. The summed E-state index contributed by atoms with van der Waals surface area (Å²) in [6.07, 6.45) is 1.16. The number of nitrogens with zero attached hydrogens (tertiary/aromatic N) is 2. The maximum atomic E-state index is 13.4. The van der Waals surface area contributed by atoms with Crippen molar-refractivity contribution in [2.75, 3.05) is 0 Å². The molecular weight excluding hydrogens is 239 g/mol. The van der Waals surface area contributed by atoms with Crippen molar-refractivity contribution in [3.05, 3.63) is 34.9 Å². The molecule has 0 radical (unpaired) electrons. The molecule has 5 heteroatoms. The Morgan fingerprint density at radius 1 is 1.38 bits per heavy atom. The van der Waals surface area contributed by atoms with Crippen molar-refractivity contribution in [3.63, 3.8) is 0 Å². The smallest absolute Gasteiger partial charge is 0.214 e. The minimum Gasteiger partial charge on any atom is -0.342 e. The van der Waals surface area contributed by atoms with E-state index in [1.54, 1.807) is 18.2 Å². The monoisotopic (exact) mass is 242 g/mol. The van der Waals surface area contributed by atoms with Crippen LogP contribution in [0.4, 0.5) is 4.39 Å². The molecule has 66 valence electrons. The summed E-state index contributed by atoms with van der Waals surface area (Å²) in [7, 11) is 0. The van der Waals surface area contributed by atoms with Crippen LogP contribution < -0.4 is 0 Å². The average molecular weight is 243 g/mol. The van der Waals surface area contributed by atoms with Gasteiger partial charge in [-0.1, -0.05) is 11.2 Å². The second-order valence-electron chi connectivity index (χ2n) is 2.36. The topological polar surface area (TPSA) is 38.9 Å². The molecule has 1 aromatic carbocycles. The maximum absolute atomic E-state index is 13.4. The van der Waals surface area contributed by atoms with Gasteiger partial charge in [-0.05, 0) is 28.1 Å². The van der Waals surface area contributed by atoms with Crippen LogP contribution in [-0.4, -0.2) is 10.1 Å². The first kappa shape index (κ1) is 8.37. The fourth-order valence-electron chi connectivity index (χ4n) is 0.966. The summed E-state index contributed by atoms with van der Waals surface area (Å²) in [4.78, 5) is 3.75. The van der Waals surface area contributed by atoms with Crippen LogP contribution in [0.15, 0.2) is 33.6 Å². The number of rotatable bonds is 1. The standard InChI is InChI=1S/C8H4BrFN2O/c9-6-3-1-2-5(7(6)10)8-11-4-13-12-8/h1-4H. The third-order valence-electron chi connectivity index (χ3n) is 1.55. The fourth-order valence-corrected chi connectivity index (χ4v) is 1.33. The van der Waals surface area contributed by atoms with Crippen LogP contribution in [0.1, 0.15) is 0 Å². The van der Waals surface area contributed by atoms with Gasteiger partial charge in [0.15, 0.2) is 0 Å². The Labute approximate surface area is 81.7 Å². The minimum atomic E-state index is -0.385. The Kier molecular flexibility index (Phi) is 2.10. The first-order chi connectivity index (χ1) is 6.29. The summed E-state index contributed by atoms with van der Waals surface area (Å²) in [5.41, 5.74) is 0.322. The Bertz CT molecular complexity index is 416. The number of halogens is 2. The Balaban J connectivity index is 2.59. The average Bonchev–Trinajstić information content (AvgIpc) is 2.62. The predicted octanol–water partition coefficient (Wildman–Crippen LogP) is 2.64. The Morgan fingerprint density at radius 2 is 2.23 bits per heavy atom. The zero-order chi connectivity index (χ0) is 9.26. The summed E-state index contributed by atoms with van der Waals surface area (Å²) >= 11 is 3.07. The van der Waals surface area contributed by atoms with Crippen LogP contribution in [0.2, 0.25) is 0 Å². The van der Waals surface area contributed by atoms with Gasteiger partial charge in [0.25, 0.3) is 0 Å². The highest BCUT2D eigenvalue weighted by Gasteiger charge is 2.11. The number of benzene rings is 1. The zero-order valence-corrected chi connectivity index (χ0v) is 7.95. The Morgan fingerprint density at radius 3 is 2.92 bits per heavy atom. The van der Waals surface area contributed by atoms with Crippen LogP contribution in [-0.2, 0) is 0 Å². The highest BCUT2D eigenvalue weighted by atomic mass is 79.9. The molecule has 2 aromatic rings. The van der Waals surface area contributed by atoms with Crippen molar-refractivity contribution in [3.8, 4) is 11.4 Å². The summed E-state index contributed by atoms with van der Waals surface area (Å²) in [6.45, 7) is 0. The van der Waals surface area contributed by atoms with Crippen LogP contribution in [0.5, 0.6) is 0 Å². The number of hydrogen-bond acceptors (Lipinski definition) is 3. The molecule has 1 heterocycles. The molecule has 0 saturated heterocycles. The zero-order valence-electron chi connectivity index (χ0n) is 6.37. The second-order valence-corrected chi connectivity index (χ2v) is 3.21. The molecule has 0 aliphatic carbocycles. The van der Waals surface area contributed by atoms with E-state index in [0.29, 0.717) is 10.0 Å². The van der Waals surface area contributed by atoms with E-state index in [2.05, 4.69) is 30.6 Å². The van der Waals surface area contributed by atoms with Crippen LogP contribution in [0.3, 0.4) is 0 Å². The molecule has 2 rings (SSSR count). The molecule has 0 amide bonds. The first-order valence-electron chi connectivity index (χ1n) is 3.50. The largest absolute Gasteiger partial charge is 0.342 e. The molecule has 0 unspecified atom stereocenters. The van der Waals surface area contributed by atoms with Gasteiger partial charge in [-0.3, -0.25) is 0 Å². The van der Waals surface area contributed by atoms with Gasteiger partial charge in [-0.25, -0.2) is 4.39 Å². The van der Waals surface area contributed by atoms with Gasteiger partial charge in [0.2, 0.25) is 12.2 Å². The van der Waals surface area contributed by atoms with E-state index >= 15 is 0 Å². The van der Waals surface area contributed by atoms with Crippen LogP contribution >= 0.6 is 15.9 Å². The van der Waals surface area contributed by atoms with Crippen molar-refractivity contribution in [1.29, 1.82) is 0 Å². The van der Waals surface area contributed by atoms with Gasteiger partial charge >= 0.3 is 0 Å². The second kappa shape index (κ2) is 3.26. The predicted molar refractivity (Wildman–Crippen MR) is 47.4 cm³/mol. The molecule has 0 atom stereocenters. The molecule has 0 N–H and O–H groups in total. The van der Waals surface area contributed by atoms with Gasteiger partial charge in [0, 0.05) is 0 Å². The molecule has 0 fully saturated rings. The van der Waals surface area contributed by atoms with Crippen molar-refractivity contribution >= 4 is 15.9 Å². The van der Waals surface area contributed by atoms with E-state index < -0.39 is 0 Å². The van der Waals surface area contributed by atoms with E-state index in [1.807, 2.05) is 0 Å². The highest BCUT2D eigenvalue weighted by Crippen LogP contribution is 2.24. The Hall–Kier alpha value is -1.23. The number of aromatic nitrogens is 2. The normalized spacial score (nSPS) is 10.3. The van der Waals surface area contributed by atoms with Gasteiger partial charge < -0.3 is 4.52 Å². The van der Waals surface area contributed by atoms with E-state index in [9.17, 15) is 4.39 Å². The van der Waals surface area contributed by atoms with Crippen molar-refractivity contribution in [2.45, 2.75) is 0 Å². The van der Waals surface area contributed by atoms with Crippen molar-refractivity contribution in [2.24, 2.45) is 0 Å². The lowest BCUT2D eigenvalue weighted by Gasteiger charge is -1.98. The summed E-state index contributed by atoms with van der Waals surface area (Å²) in [6, 6.07) is 4.91. The third kappa shape index (κ3) is 1.47. The molecule has 13 heavy (non-hydrogen) atoms. The van der Waals surface area contributed by atoms with Crippen molar-refractivity contribution < 1.29 is 8.91 Å². The molecule has 1 aromatic heterocycles. The third-order valence-corrected chi connectivity index (χ3v) is 2.17. The molecule has 0 aliphatic heterocycles. The molecule has 0 bridgehead atoms. The lowest BCUT2D eigenvalue weighted by molar-refractivity contribution is 0.418.